The minimum absolute atomic E-state index is 0.169. The number of sulfonamides is 1. The van der Waals surface area contributed by atoms with Gasteiger partial charge in [-0.25, -0.2) is 8.42 Å². The van der Waals surface area contributed by atoms with E-state index in [0.29, 0.717) is 11.3 Å². The Labute approximate surface area is 106 Å². The minimum atomic E-state index is -3.32. The first-order chi connectivity index (χ1) is 8.28. The number of amides is 1. The summed E-state index contributed by atoms with van der Waals surface area (Å²) in [5.41, 5.74) is 0.791. The second-order valence-corrected chi connectivity index (χ2v) is 5.76. The largest absolute Gasteiger partial charge is 0.392 e. The average molecular weight is 272 g/mol. The Kier molecular flexibility index (Phi) is 4.69. The van der Waals surface area contributed by atoms with Crippen LogP contribution in [0.5, 0.6) is 0 Å². The molecule has 7 heteroatoms. The van der Waals surface area contributed by atoms with Crippen molar-refractivity contribution in [1.29, 1.82) is 0 Å². The summed E-state index contributed by atoms with van der Waals surface area (Å²) < 4.78 is 24.3. The van der Waals surface area contributed by atoms with Crippen LogP contribution in [0.2, 0.25) is 0 Å². The molecule has 0 saturated heterocycles. The van der Waals surface area contributed by atoms with Crippen molar-refractivity contribution in [2.45, 2.75) is 13.0 Å². The normalized spacial score (nSPS) is 12.8. The lowest BCUT2D eigenvalue weighted by Gasteiger charge is -2.08. The molecule has 0 saturated carbocycles. The SMILES string of the molecule is C[C@@H](O)CNC(=O)c1ccc(NS(C)(=O)=O)cc1. The van der Waals surface area contributed by atoms with Crippen LogP contribution in [0.15, 0.2) is 24.3 Å². The van der Waals surface area contributed by atoms with Gasteiger partial charge in [-0.15, -0.1) is 0 Å². The third-order valence-corrected chi connectivity index (χ3v) is 2.61. The molecule has 1 atom stereocenters. The zero-order valence-electron chi connectivity index (χ0n) is 10.2. The summed E-state index contributed by atoms with van der Waals surface area (Å²) in [6.07, 6.45) is 0.441. The lowest BCUT2D eigenvalue weighted by Crippen LogP contribution is -2.30. The van der Waals surface area contributed by atoms with Crippen molar-refractivity contribution in [1.82, 2.24) is 5.32 Å². The van der Waals surface area contributed by atoms with E-state index in [9.17, 15) is 13.2 Å². The van der Waals surface area contributed by atoms with Gasteiger partial charge in [0.1, 0.15) is 0 Å². The quantitative estimate of drug-likeness (QED) is 0.712. The topological polar surface area (TPSA) is 95.5 Å². The Bertz CT molecular complexity index is 508. The Hall–Kier alpha value is -1.60. The van der Waals surface area contributed by atoms with Gasteiger partial charge in [0.25, 0.3) is 5.91 Å². The molecule has 1 amide bonds. The Morgan fingerprint density at radius 2 is 1.89 bits per heavy atom. The predicted molar refractivity (Wildman–Crippen MR) is 68.9 cm³/mol. The highest BCUT2D eigenvalue weighted by Gasteiger charge is 2.07. The Morgan fingerprint density at radius 1 is 1.33 bits per heavy atom. The molecular weight excluding hydrogens is 256 g/mol. The second-order valence-electron chi connectivity index (χ2n) is 4.01. The Balaban J connectivity index is 2.68. The van der Waals surface area contributed by atoms with Crippen molar-refractivity contribution in [3.63, 3.8) is 0 Å². The molecule has 100 valence electrons. The number of carbonyl (C=O) groups is 1. The van der Waals surface area contributed by atoms with Crippen LogP contribution in [-0.4, -0.2) is 38.3 Å². The smallest absolute Gasteiger partial charge is 0.251 e. The molecule has 0 radical (unpaired) electrons. The number of hydrogen-bond donors (Lipinski definition) is 3. The zero-order chi connectivity index (χ0) is 13.8. The van der Waals surface area contributed by atoms with Crippen molar-refractivity contribution in [2.24, 2.45) is 0 Å². The van der Waals surface area contributed by atoms with E-state index < -0.39 is 16.1 Å². The van der Waals surface area contributed by atoms with E-state index in [2.05, 4.69) is 10.0 Å². The number of benzene rings is 1. The highest BCUT2D eigenvalue weighted by molar-refractivity contribution is 7.92. The van der Waals surface area contributed by atoms with Crippen molar-refractivity contribution in [3.05, 3.63) is 29.8 Å². The first kappa shape index (κ1) is 14.5. The van der Waals surface area contributed by atoms with Gasteiger partial charge in [-0.2, -0.15) is 0 Å². The molecule has 0 aliphatic carbocycles. The monoisotopic (exact) mass is 272 g/mol. The van der Waals surface area contributed by atoms with Gasteiger partial charge in [0.15, 0.2) is 0 Å². The van der Waals surface area contributed by atoms with Gasteiger partial charge in [0, 0.05) is 17.8 Å². The molecule has 0 spiro atoms. The summed E-state index contributed by atoms with van der Waals surface area (Å²) in [5, 5.41) is 11.6. The van der Waals surface area contributed by atoms with E-state index in [1.165, 1.54) is 24.3 Å². The highest BCUT2D eigenvalue weighted by atomic mass is 32.2. The molecular formula is C11H16N2O4S. The van der Waals surface area contributed by atoms with Gasteiger partial charge in [-0.05, 0) is 31.2 Å². The standard InChI is InChI=1S/C11H16N2O4S/c1-8(14)7-12-11(15)9-3-5-10(6-4-9)13-18(2,16)17/h3-6,8,13-14H,7H2,1-2H3,(H,12,15)/t8-/m1/s1. The van der Waals surface area contributed by atoms with Crippen molar-refractivity contribution in [3.8, 4) is 0 Å². The van der Waals surface area contributed by atoms with Crippen LogP contribution in [0.25, 0.3) is 0 Å². The van der Waals surface area contributed by atoms with Crippen LogP contribution in [0.3, 0.4) is 0 Å². The van der Waals surface area contributed by atoms with Crippen molar-refractivity contribution < 1.29 is 18.3 Å². The molecule has 1 aromatic rings. The summed E-state index contributed by atoms with van der Waals surface area (Å²) >= 11 is 0. The average Bonchev–Trinajstić information content (AvgIpc) is 2.24. The van der Waals surface area contributed by atoms with Gasteiger partial charge < -0.3 is 10.4 Å². The third-order valence-electron chi connectivity index (χ3n) is 2.01. The summed E-state index contributed by atoms with van der Waals surface area (Å²) in [7, 11) is -3.32. The maximum Gasteiger partial charge on any atom is 0.251 e. The molecule has 0 unspecified atom stereocenters. The predicted octanol–water partition coefficient (Wildman–Crippen LogP) is 0.169. The summed E-state index contributed by atoms with van der Waals surface area (Å²) in [6, 6.07) is 6.01. The van der Waals surface area contributed by atoms with Crippen LogP contribution < -0.4 is 10.0 Å². The molecule has 0 fully saturated rings. The first-order valence-corrected chi connectivity index (χ1v) is 7.21. The molecule has 3 N–H and O–H groups in total. The molecule has 0 aromatic heterocycles. The molecule has 1 aromatic carbocycles. The number of hydrogen-bond acceptors (Lipinski definition) is 4. The highest BCUT2D eigenvalue weighted by Crippen LogP contribution is 2.10. The van der Waals surface area contributed by atoms with Gasteiger partial charge in [0.2, 0.25) is 10.0 Å². The van der Waals surface area contributed by atoms with Gasteiger partial charge >= 0.3 is 0 Å². The summed E-state index contributed by atoms with van der Waals surface area (Å²) in [4.78, 5) is 11.6. The number of aliphatic hydroxyl groups is 1. The molecule has 1 rings (SSSR count). The number of rotatable bonds is 5. The summed E-state index contributed by atoms with van der Waals surface area (Å²) in [6.45, 7) is 1.74. The fourth-order valence-corrected chi connectivity index (χ4v) is 1.81. The number of carbonyl (C=O) groups excluding carboxylic acids is 1. The van der Waals surface area contributed by atoms with Crippen LogP contribution in [-0.2, 0) is 10.0 Å². The second kappa shape index (κ2) is 5.83. The van der Waals surface area contributed by atoms with E-state index in [1.807, 2.05) is 0 Å². The Morgan fingerprint density at radius 3 is 2.33 bits per heavy atom. The minimum Gasteiger partial charge on any atom is -0.392 e. The fourth-order valence-electron chi connectivity index (χ4n) is 1.25. The van der Waals surface area contributed by atoms with Crippen molar-refractivity contribution in [2.75, 3.05) is 17.5 Å². The zero-order valence-corrected chi connectivity index (χ0v) is 11.0. The molecule has 0 bridgehead atoms. The van der Waals surface area contributed by atoms with E-state index in [0.717, 1.165) is 6.26 Å². The van der Waals surface area contributed by atoms with E-state index in [1.54, 1.807) is 6.92 Å². The molecule has 0 aliphatic rings. The third kappa shape index (κ3) is 5.15. The van der Waals surface area contributed by atoms with Gasteiger partial charge in [0.05, 0.1) is 12.4 Å². The molecule has 18 heavy (non-hydrogen) atoms. The maximum absolute atomic E-state index is 11.6. The first-order valence-electron chi connectivity index (χ1n) is 5.32. The van der Waals surface area contributed by atoms with Gasteiger partial charge in [-0.1, -0.05) is 0 Å². The van der Waals surface area contributed by atoms with Gasteiger partial charge in [-0.3, -0.25) is 9.52 Å². The number of aliphatic hydroxyl groups excluding tert-OH is 1. The molecule has 6 nitrogen and oxygen atoms in total. The lowest BCUT2D eigenvalue weighted by molar-refractivity contribution is 0.0924. The van der Waals surface area contributed by atoms with E-state index >= 15 is 0 Å². The summed E-state index contributed by atoms with van der Waals surface area (Å²) in [5.74, 6) is -0.318. The molecule has 0 aliphatic heterocycles. The maximum atomic E-state index is 11.6. The van der Waals surface area contributed by atoms with Crippen LogP contribution in [0.4, 0.5) is 5.69 Å². The van der Waals surface area contributed by atoms with Crippen LogP contribution >= 0.6 is 0 Å². The number of anilines is 1. The van der Waals surface area contributed by atoms with Crippen LogP contribution in [0, 0.1) is 0 Å². The van der Waals surface area contributed by atoms with E-state index in [-0.39, 0.29) is 12.5 Å². The fraction of sp³-hybridized carbons (Fsp3) is 0.364. The number of nitrogens with one attached hydrogen (secondary N) is 2. The van der Waals surface area contributed by atoms with Crippen LogP contribution in [0.1, 0.15) is 17.3 Å². The van der Waals surface area contributed by atoms with Crippen molar-refractivity contribution >= 4 is 21.6 Å². The lowest BCUT2D eigenvalue weighted by atomic mass is 10.2. The molecule has 0 heterocycles. The van der Waals surface area contributed by atoms with E-state index in [4.69, 9.17) is 5.11 Å².